The molecule has 1 fully saturated rings. The van der Waals surface area contributed by atoms with E-state index in [-0.39, 0.29) is 0 Å². The van der Waals surface area contributed by atoms with E-state index in [2.05, 4.69) is 25.6 Å². The van der Waals surface area contributed by atoms with Gasteiger partial charge in [-0.1, -0.05) is 0 Å². The van der Waals surface area contributed by atoms with E-state index < -0.39 is 5.82 Å². The van der Waals surface area contributed by atoms with Gasteiger partial charge in [-0.15, -0.1) is 11.8 Å². The number of rotatable bonds is 6. The van der Waals surface area contributed by atoms with Crippen LogP contribution in [0, 0.1) is 12.7 Å². The third-order valence-corrected chi connectivity index (χ3v) is 7.75. The maximum absolute atomic E-state index is 15.2. The maximum atomic E-state index is 15.2. The lowest BCUT2D eigenvalue weighted by Crippen LogP contribution is -2.29. The number of halogens is 1. The highest BCUT2D eigenvalue weighted by Crippen LogP contribution is 2.34. The summed E-state index contributed by atoms with van der Waals surface area (Å²) in [5, 5.41) is 7.96. The predicted octanol–water partition coefficient (Wildman–Crippen LogP) is 5.74. The van der Waals surface area contributed by atoms with Gasteiger partial charge in [-0.2, -0.15) is 0 Å². The molecule has 0 atom stereocenters. The highest BCUT2D eigenvalue weighted by molar-refractivity contribution is 7.99. The molecule has 0 saturated carbocycles. The number of thioether (sulfide) groups is 1. The Labute approximate surface area is 217 Å². The summed E-state index contributed by atoms with van der Waals surface area (Å²) in [7, 11) is 1.94. The van der Waals surface area contributed by atoms with Crippen molar-refractivity contribution in [3.63, 3.8) is 0 Å². The Morgan fingerprint density at radius 3 is 2.78 bits per heavy atom. The number of ether oxygens (including phenoxy) is 1. The number of aryl methyl sites for hydroxylation is 2. The zero-order valence-corrected chi connectivity index (χ0v) is 21.3. The second kappa shape index (κ2) is 9.95. The quantitative estimate of drug-likeness (QED) is 0.296. The summed E-state index contributed by atoms with van der Waals surface area (Å²) in [6, 6.07) is 12.7. The number of nitrogens with zero attached hydrogens (tertiary/aromatic N) is 5. The molecular weight excluding hydrogens is 489 g/mol. The van der Waals surface area contributed by atoms with Gasteiger partial charge in [0.1, 0.15) is 29.2 Å². The van der Waals surface area contributed by atoms with Crippen LogP contribution in [0.3, 0.4) is 0 Å². The number of nitrogens with one attached hydrogen (secondary N) is 2. The number of hydrogen-bond donors (Lipinski definition) is 2. The lowest BCUT2D eigenvalue weighted by Gasteiger charge is -2.21. The summed E-state index contributed by atoms with van der Waals surface area (Å²) in [4.78, 5) is 17.9. The molecular formula is C27H26FN7OS. The number of piperidine rings is 1. The van der Waals surface area contributed by atoms with Gasteiger partial charge >= 0.3 is 0 Å². The SMILES string of the molecule is Cc1cc(Nc2ncnc3ccc(SC4CCNCC4)nc23)c(F)cc1Oc1ccc2c(c1)ncn2C. The molecule has 1 saturated heterocycles. The first kappa shape index (κ1) is 23.6. The minimum Gasteiger partial charge on any atom is -0.457 e. The van der Waals surface area contributed by atoms with E-state index in [4.69, 9.17) is 9.72 Å². The molecule has 6 rings (SSSR count). The van der Waals surface area contributed by atoms with Crippen LogP contribution in [0.25, 0.3) is 22.1 Å². The van der Waals surface area contributed by atoms with Crippen LogP contribution in [0.1, 0.15) is 18.4 Å². The van der Waals surface area contributed by atoms with Gasteiger partial charge in [0.25, 0.3) is 0 Å². The van der Waals surface area contributed by atoms with E-state index in [1.54, 1.807) is 24.2 Å². The number of fused-ring (bicyclic) bond motifs is 2. The van der Waals surface area contributed by atoms with Gasteiger partial charge in [-0.3, -0.25) is 0 Å². The van der Waals surface area contributed by atoms with Crippen LogP contribution >= 0.6 is 11.8 Å². The van der Waals surface area contributed by atoms with E-state index in [0.29, 0.717) is 39.3 Å². The Bertz CT molecular complexity index is 1600. The molecule has 0 unspecified atom stereocenters. The normalized spacial score (nSPS) is 14.4. The lowest BCUT2D eigenvalue weighted by atomic mass is 10.2. The van der Waals surface area contributed by atoms with Crippen molar-refractivity contribution in [2.75, 3.05) is 18.4 Å². The second-order valence-corrected chi connectivity index (χ2v) is 10.5. The van der Waals surface area contributed by atoms with Crippen LogP contribution in [-0.2, 0) is 7.05 Å². The molecule has 0 spiro atoms. The smallest absolute Gasteiger partial charge is 0.160 e. The van der Waals surface area contributed by atoms with Crippen LogP contribution in [0.15, 0.2) is 60.1 Å². The molecule has 188 valence electrons. The number of imidazole rings is 1. The summed E-state index contributed by atoms with van der Waals surface area (Å²) >= 11 is 1.77. The molecule has 0 radical (unpaired) electrons. The van der Waals surface area contributed by atoms with Gasteiger partial charge < -0.3 is 19.9 Å². The molecule has 3 aromatic heterocycles. The van der Waals surface area contributed by atoms with E-state index in [1.807, 2.05) is 48.9 Å². The van der Waals surface area contributed by atoms with Crippen LogP contribution < -0.4 is 15.4 Å². The van der Waals surface area contributed by atoms with E-state index in [1.165, 1.54) is 12.4 Å². The Hall–Kier alpha value is -3.76. The first-order valence-electron chi connectivity index (χ1n) is 12.2. The van der Waals surface area contributed by atoms with Gasteiger partial charge in [0.2, 0.25) is 0 Å². The molecule has 37 heavy (non-hydrogen) atoms. The van der Waals surface area contributed by atoms with Crippen molar-refractivity contribution >= 4 is 45.3 Å². The van der Waals surface area contributed by atoms with Gasteiger partial charge in [0, 0.05) is 24.4 Å². The fourth-order valence-electron chi connectivity index (χ4n) is 4.47. The zero-order valence-electron chi connectivity index (χ0n) is 20.5. The fourth-order valence-corrected chi connectivity index (χ4v) is 5.57. The summed E-state index contributed by atoms with van der Waals surface area (Å²) in [5.74, 6) is 1.04. The first-order valence-corrected chi connectivity index (χ1v) is 13.1. The van der Waals surface area contributed by atoms with Crippen molar-refractivity contribution in [3.05, 3.63) is 66.5 Å². The van der Waals surface area contributed by atoms with Crippen LogP contribution in [0.5, 0.6) is 11.5 Å². The summed E-state index contributed by atoms with van der Waals surface area (Å²) in [6.45, 7) is 3.93. The largest absolute Gasteiger partial charge is 0.457 e. The Morgan fingerprint density at radius 2 is 1.92 bits per heavy atom. The number of pyridine rings is 1. The van der Waals surface area contributed by atoms with Gasteiger partial charge in [0.15, 0.2) is 5.82 Å². The Kier molecular flexibility index (Phi) is 6.35. The van der Waals surface area contributed by atoms with Crippen LogP contribution in [0.4, 0.5) is 15.9 Å². The van der Waals surface area contributed by atoms with Crippen molar-refractivity contribution in [3.8, 4) is 11.5 Å². The monoisotopic (exact) mass is 515 g/mol. The average Bonchev–Trinajstić information content (AvgIpc) is 3.27. The second-order valence-electron chi connectivity index (χ2n) is 9.14. The molecule has 2 N–H and O–H groups in total. The minimum absolute atomic E-state index is 0.295. The number of anilines is 2. The van der Waals surface area contributed by atoms with Gasteiger partial charge in [0.05, 0.1) is 33.6 Å². The molecule has 0 aliphatic carbocycles. The number of benzene rings is 2. The van der Waals surface area contributed by atoms with Crippen LogP contribution in [0.2, 0.25) is 0 Å². The molecule has 2 aromatic carbocycles. The van der Waals surface area contributed by atoms with E-state index in [0.717, 1.165) is 47.6 Å². The Balaban J connectivity index is 1.25. The predicted molar refractivity (Wildman–Crippen MR) is 144 cm³/mol. The fraction of sp³-hybridized carbons (Fsp3) is 0.259. The third-order valence-electron chi connectivity index (χ3n) is 6.47. The van der Waals surface area contributed by atoms with Crippen molar-refractivity contribution in [2.24, 2.45) is 7.05 Å². The zero-order chi connectivity index (χ0) is 25.4. The number of hydrogen-bond acceptors (Lipinski definition) is 8. The third kappa shape index (κ3) is 4.94. The highest BCUT2D eigenvalue weighted by atomic mass is 32.2. The van der Waals surface area contributed by atoms with Gasteiger partial charge in [-0.25, -0.2) is 24.3 Å². The molecule has 5 aromatic rings. The summed E-state index contributed by atoms with van der Waals surface area (Å²) in [6.07, 6.45) is 5.42. The van der Waals surface area contributed by atoms with Gasteiger partial charge in [-0.05, 0) is 68.8 Å². The summed E-state index contributed by atoms with van der Waals surface area (Å²) < 4.78 is 23.2. The van der Waals surface area contributed by atoms with Crippen LogP contribution in [-0.4, -0.2) is 42.8 Å². The number of aromatic nitrogens is 5. The first-order chi connectivity index (χ1) is 18.0. The molecule has 8 nitrogen and oxygen atoms in total. The molecule has 1 aliphatic rings. The lowest BCUT2D eigenvalue weighted by molar-refractivity contribution is 0.474. The average molecular weight is 516 g/mol. The van der Waals surface area contributed by atoms with Crippen molar-refractivity contribution in [1.82, 2.24) is 29.8 Å². The van der Waals surface area contributed by atoms with E-state index >= 15 is 4.39 Å². The topological polar surface area (TPSA) is 89.8 Å². The summed E-state index contributed by atoms with van der Waals surface area (Å²) in [5.41, 5.74) is 4.20. The molecule has 1 aliphatic heterocycles. The van der Waals surface area contributed by atoms with Crippen molar-refractivity contribution in [2.45, 2.75) is 30.0 Å². The molecule has 4 heterocycles. The standard InChI is InChI=1S/C27H26FN7OS/c1-16-11-21(19(28)13-24(16)36-17-3-5-23-22(12-17)32-15-35(23)2)33-27-26-20(30-14-31-27)4-6-25(34-26)37-18-7-9-29-10-8-18/h3-6,11-15,18,29H,7-10H2,1-2H3,(H,30,31,33). The van der Waals surface area contributed by atoms with E-state index in [9.17, 15) is 0 Å². The molecule has 0 amide bonds. The maximum Gasteiger partial charge on any atom is 0.160 e. The van der Waals surface area contributed by atoms with Crippen molar-refractivity contribution < 1.29 is 9.13 Å². The molecule has 10 heteroatoms. The highest BCUT2D eigenvalue weighted by Gasteiger charge is 2.17. The molecule has 0 bridgehead atoms. The minimum atomic E-state index is -0.452. The Morgan fingerprint density at radius 1 is 1.05 bits per heavy atom. The van der Waals surface area contributed by atoms with Crippen molar-refractivity contribution in [1.29, 1.82) is 0 Å².